The number of hydrogen-bond donors (Lipinski definition) is 1. The van der Waals surface area contributed by atoms with Crippen LogP contribution in [0.3, 0.4) is 0 Å². The molecule has 0 unspecified atom stereocenters. The first kappa shape index (κ1) is 11.8. The zero-order valence-electron chi connectivity index (χ0n) is 9.33. The Morgan fingerprint density at radius 2 is 2.13 bits per heavy atom. The van der Waals surface area contributed by atoms with E-state index in [-0.39, 0.29) is 0 Å². The topological polar surface area (TPSA) is 21.3 Å². The smallest absolute Gasteiger partial charge is 0.122 e. The van der Waals surface area contributed by atoms with Crippen LogP contribution >= 0.6 is 0 Å². The van der Waals surface area contributed by atoms with Gasteiger partial charge in [0.2, 0.25) is 0 Å². The summed E-state index contributed by atoms with van der Waals surface area (Å²) in [5.41, 5.74) is 1.26. The van der Waals surface area contributed by atoms with Crippen molar-refractivity contribution in [2.24, 2.45) is 0 Å². The molecule has 0 aliphatic rings. The van der Waals surface area contributed by atoms with Crippen LogP contribution in [0.4, 0.5) is 0 Å². The van der Waals surface area contributed by atoms with E-state index >= 15 is 0 Å². The third-order valence-electron chi connectivity index (χ3n) is 2.29. The van der Waals surface area contributed by atoms with E-state index in [0.717, 1.165) is 31.7 Å². The van der Waals surface area contributed by atoms with Crippen molar-refractivity contribution in [2.45, 2.75) is 12.8 Å². The van der Waals surface area contributed by atoms with Gasteiger partial charge in [-0.05, 0) is 37.6 Å². The van der Waals surface area contributed by atoms with Crippen molar-refractivity contribution in [3.8, 4) is 5.75 Å². The molecule has 0 heterocycles. The minimum absolute atomic E-state index is 0.975. The average Bonchev–Trinajstić information content (AvgIpc) is 2.29. The molecule has 0 fully saturated rings. The van der Waals surface area contributed by atoms with Crippen molar-refractivity contribution in [3.63, 3.8) is 0 Å². The summed E-state index contributed by atoms with van der Waals surface area (Å²) in [4.78, 5) is 0. The molecule has 15 heavy (non-hydrogen) atoms. The molecule has 1 aromatic rings. The van der Waals surface area contributed by atoms with E-state index in [2.05, 4.69) is 18.0 Å². The lowest BCUT2D eigenvalue weighted by molar-refractivity contribution is 0.409. The maximum Gasteiger partial charge on any atom is 0.122 e. The van der Waals surface area contributed by atoms with Gasteiger partial charge in [-0.3, -0.25) is 0 Å². The number of nitrogens with one attached hydrogen (secondary N) is 1. The van der Waals surface area contributed by atoms with Gasteiger partial charge in [0, 0.05) is 0 Å². The van der Waals surface area contributed by atoms with Crippen molar-refractivity contribution >= 4 is 0 Å². The van der Waals surface area contributed by atoms with Crippen LogP contribution in [0.15, 0.2) is 36.9 Å². The Balaban J connectivity index is 2.33. The van der Waals surface area contributed by atoms with Gasteiger partial charge in [0.1, 0.15) is 5.75 Å². The van der Waals surface area contributed by atoms with E-state index < -0.39 is 0 Å². The van der Waals surface area contributed by atoms with E-state index in [9.17, 15) is 0 Å². The molecule has 0 saturated carbocycles. The van der Waals surface area contributed by atoms with Crippen LogP contribution in [0.25, 0.3) is 0 Å². The van der Waals surface area contributed by atoms with Gasteiger partial charge in [-0.25, -0.2) is 0 Å². The zero-order chi connectivity index (χ0) is 10.9. The molecule has 2 nitrogen and oxygen atoms in total. The van der Waals surface area contributed by atoms with Gasteiger partial charge < -0.3 is 10.1 Å². The molecule has 0 bridgehead atoms. The average molecular weight is 205 g/mol. The largest absolute Gasteiger partial charge is 0.496 e. The van der Waals surface area contributed by atoms with Gasteiger partial charge in [0.15, 0.2) is 0 Å². The molecule has 0 saturated heterocycles. The van der Waals surface area contributed by atoms with Gasteiger partial charge in [-0.2, -0.15) is 0 Å². The van der Waals surface area contributed by atoms with Crippen LogP contribution in [0, 0.1) is 0 Å². The van der Waals surface area contributed by atoms with Crippen molar-refractivity contribution in [1.29, 1.82) is 0 Å². The van der Waals surface area contributed by atoms with Crippen LogP contribution in [0.1, 0.15) is 12.0 Å². The molecular weight excluding hydrogens is 186 g/mol. The summed E-state index contributed by atoms with van der Waals surface area (Å²) >= 11 is 0. The second-order valence-electron chi connectivity index (χ2n) is 3.39. The molecule has 0 aromatic heterocycles. The Hall–Kier alpha value is -1.28. The highest BCUT2D eigenvalue weighted by atomic mass is 16.5. The van der Waals surface area contributed by atoms with Crippen molar-refractivity contribution in [1.82, 2.24) is 5.32 Å². The summed E-state index contributed by atoms with van der Waals surface area (Å²) in [7, 11) is 1.71. The number of ether oxygens (including phenoxy) is 1. The number of hydrogen-bond acceptors (Lipinski definition) is 2. The van der Waals surface area contributed by atoms with Crippen molar-refractivity contribution < 1.29 is 4.74 Å². The van der Waals surface area contributed by atoms with Crippen LogP contribution in [0.5, 0.6) is 5.75 Å². The quantitative estimate of drug-likeness (QED) is 0.545. The Morgan fingerprint density at radius 1 is 1.33 bits per heavy atom. The molecule has 82 valence electrons. The van der Waals surface area contributed by atoms with E-state index in [1.807, 2.05) is 24.3 Å². The molecule has 0 aliphatic heterocycles. The summed E-state index contributed by atoms with van der Waals surface area (Å²) in [6.45, 7) is 5.66. The highest BCUT2D eigenvalue weighted by Crippen LogP contribution is 2.16. The maximum absolute atomic E-state index is 5.28. The van der Waals surface area contributed by atoms with Gasteiger partial charge >= 0.3 is 0 Å². The molecule has 0 atom stereocenters. The first-order valence-corrected chi connectivity index (χ1v) is 5.32. The summed E-state index contributed by atoms with van der Waals surface area (Å²) in [5, 5.41) is 3.36. The molecule has 0 aliphatic carbocycles. The summed E-state index contributed by atoms with van der Waals surface area (Å²) < 4.78 is 5.28. The monoisotopic (exact) mass is 205 g/mol. The normalized spacial score (nSPS) is 9.93. The Bertz CT molecular complexity index is 296. The van der Waals surface area contributed by atoms with Gasteiger partial charge in [0.25, 0.3) is 0 Å². The Kier molecular flexibility index (Phi) is 5.56. The lowest BCUT2D eigenvalue weighted by atomic mass is 10.1. The van der Waals surface area contributed by atoms with E-state index in [4.69, 9.17) is 4.74 Å². The minimum atomic E-state index is 0.975. The Labute approximate surface area is 92.0 Å². The number of benzene rings is 1. The maximum atomic E-state index is 5.28. The van der Waals surface area contributed by atoms with Gasteiger partial charge in [-0.1, -0.05) is 24.3 Å². The minimum Gasteiger partial charge on any atom is -0.496 e. The van der Waals surface area contributed by atoms with Crippen molar-refractivity contribution in [2.75, 3.05) is 20.2 Å². The molecular formula is C13H19NO. The molecule has 0 radical (unpaired) electrons. The fourth-order valence-corrected chi connectivity index (χ4v) is 1.46. The van der Waals surface area contributed by atoms with E-state index in [1.54, 1.807) is 7.11 Å². The van der Waals surface area contributed by atoms with Crippen LogP contribution < -0.4 is 10.1 Å². The Morgan fingerprint density at radius 3 is 2.87 bits per heavy atom. The van der Waals surface area contributed by atoms with E-state index in [1.165, 1.54) is 5.56 Å². The molecule has 0 amide bonds. The molecule has 1 rings (SSSR count). The lowest BCUT2D eigenvalue weighted by Gasteiger charge is -2.08. The second-order valence-corrected chi connectivity index (χ2v) is 3.39. The fourth-order valence-electron chi connectivity index (χ4n) is 1.46. The SMILES string of the molecule is C=CCCNCCc1ccccc1OC. The summed E-state index contributed by atoms with van der Waals surface area (Å²) in [6, 6.07) is 8.14. The highest BCUT2D eigenvalue weighted by Gasteiger charge is 1.99. The first-order valence-electron chi connectivity index (χ1n) is 5.32. The third kappa shape index (κ3) is 4.17. The predicted octanol–water partition coefficient (Wildman–Crippen LogP) is 2.40. The van der Waals surface area contributed by atoms with Gasteiger partial charge in [0.05, 0.1) is 7.11 Å². The molecule has 1 N–H and O–H groups in total. The predicted molar refractivity (Wildman–Crippen MR) is 64.4 cm³/mol. The summed E-state index contributed by atoms with van der Waals surface area (Å²) in [5.74, 6) is 0.975. The molecule has 1 aromatic carbocycles. The summed E-state index contributed by atoms with van der Waals surface area (Å²) in [6.07, 6.45) is 3.95. The number of rotatable bonds is 7. The molecule has 2 heteroatoms. The fraction of sp³-hybridized carbons (Fsp3) is 0.385. The van der Waals surface area contributed by atoms with Crippen molar-refractivity contribution in [3.05, 3.63) is 42.5 Å². The van der Waals surface area contributed by atoms with Crippen LogP contribution in [-0.2, 0) is 6.42 Å². The van der Waals surface area contributed by atoms with Crippen LogP contribution in [-0.4, -0.2) is 20.2 Å². The molecule has 0 spiro atoms. The number of para-hydroxylation sites is 1. The van der Waals surface area contributed by atoms with E-state index in [0.29, 0.717) is 0 Å². The first-order chi connectivity index (χ1) is 7.38. The zero-order valence-corrected chi connectivity index (χ0v) is 9.33. The second kappa shape index (κ2) is 7.07. The standard InChI is InChI=1S/C13H19NO/c1-3-4-10-14-11-9-12-7-5-6-8-13(12)15-2/h3,5-8,14H,1,4,9-11H2,2H3. The lowest BCUT2D eigenvalue weighted by Crippen LogP contribution is -2.18. The third-order valence-corrected chi connectivity index (χ3v) is 2.29. The van der Waals surface area contributed by atoms with Crippen LogP contribution in [0.2, 0.25) is 0 Å². The van der Waals surface area contributed by atoms with Gasteiger partial charge in [-0.15, -0.1) is 6.58 Å². The highest BCUT2D eigenvalue weighted by molar-refractivity contribution is 5.33. The number of methoxy groups -OCH3 is 1.